The first-order chi connectivity index (χ1) is 7.27. The molecule has 1 N–H and O–H groups in total. The lowest BCUT2D eigenvalue weighted by molar-refractivity contribution is 0.195. The molecule has 6 heteroatoms. The fourth-order valence-corrected chi connectivity index (χ4v) is 2.66. The second-order valence-corrected chi connectivity index (χ2v) is 4.95. The van der Waals surface area contributed by atoms with Crippen LogP contribution < -0.4 is 0 Å². The van der Waals surface area contributed by atoms with Crippen LogP contribution >= 0.6 is 23.1 Å². The van der Waals surface area contributed by atoms with Crippen molar-refractivity contribution in [1.82, 2.24) is 15.2 Å². The lowest BCUT2D eigenvalue weighted by Crippen LogP contribution is -1.95. The van der Waals surface area contributed by atoms with Crippen molar-refractivity contribution in [2.45, 2.75) is 22.4 Å². The van der Waals surface area contributed by atoms with Crippen LogP contribution in [0.25, 0.3) is 0 Å². The second kappa shape index (κ2) is 4.69. The van der Waals surface area contributed by atoms with Gasteiger partial charge in [0.2, 0.25) is 0 Å². The van der Waals surface area contributed by atoms with Crippen molar-refractivity contribution in [3.05, 3.63) is 29.4 Å². The van der Waals surface area contributed by atoms with Crippen LogP contribution in [0.4, 0.5) is 0 Å². The summed E-state index contributed by atoms with van der Waals surface area (Å²) in [6.07, 6.45) is 1.18. The minimum Gasteiger partial charge on any atom is -0.389 e. The van der Waals surface area contributed by atoms with E-state index in [0.29, 0.717) is 0 Å². The van der Waals surface area contributed by atoms with Crippen LogP contribution in [0.15, 0.2) is 33.2 Å². The normalized spacial score (nSPS) is 12.7. The van der Waals surface area contributed by atoms with Gasteiger partial charge in [-0.1, -0.05) is 17.4 Å². The summed E-state index contributed by atoms with van der Waals surface area (Å²) in [6, 6.07) is 3.67. The molecule has 0 aliphatic rings. The lowest BCUT2D eigenvalue weighted by atomic mass is 10.2. The molecule has 2 heterocycles. The van der Waals surface area contributed by atoms with Crippen LogP contribution in [0.1, 0.15) is 18.6 Å². The Balaban J connectivity index is 2.28. The van der Waals surface area contributed by atoms with E-state index in [9.17, 15) is 5.11 Å². The highest BCUT2D eigenvalue weighted by Gasteiger charge is 2.11. The number of aliphatic hydroxyl groups is 1. The largest absolute Gasteiger partial charge is 0.389 e. The highest BCUT2D eigenvalue weighted by molar-refractivity contribution is 8.01. The van der Waals surface area contributed by atoms with Gasteiger partial charge < -0.3 is 5.11 Å². The number of pyridine rings is 1. The molecule has 1 atom stereocenters. The van der Waals surface area contributed by atoms with Gasteiger partial charge in [-0.3, -0.25) is 0 Å². The van der Waals surface area contributed by atoms with Crippen LogP contribution in [0.2, 0.25) is 0 Å². The van der Waals surface area contributed by atoms with Gasteiger partial charge >= 0.3 is 0 Å². The maximum absolute atomic E-state index is 9.55. The Kier molecular flexibility index (Phi) is 3.30. The van der Waals surface area contributed by atoms with Crippen molar-refractivity contribution in [3.8, 4) is 0 Å². The predicted molar refractivity (Wildman–Crippen MR) is 58.9 cm³/mol. The van der Waals surface area contributed by atoms with E-state index in [1.165, 1.54) is 23.1 Å². The smallest absolute Gasteiger partial charge is 0.180 e. The van der Waals surface area contributed by atoms with Crippen molar-refractivity contribution in [1.29, 1.82) is 0 Å². The Morgan fingerprint density at radius 3 is 3.07 bits per heavy atom. The second-order valence-electron chi connectivity index (χ2n) is 2.88. The third-order valence-corrected chi connectivity index (χ3v) is 3.59. The SMILES string of the molecule is C[C@H](O)c1cccnc1Sc1nncs1. The molecule has 0 aliphatic heterocycles. The third-order valence-electron chi connectivity index (χ3n) is 1.77. The molecule has 15 heavy (non-hydrogen) atoms. The monoisotopic (exact) mass is 239 g/mol. The zero-order valence-corrected chi connectivity index (χ0v) is 9.63. The van der Waals surface area contributed by atoms with Crippen LogP contribution in [0.5, 0.6) is 0 Å². The summed E-state index contributed by atoms with van der Waals surface area (Å²) in [5.41, 5.74) is 2.49. The number of nitrogens with zero attached hydrogens (tertiary/aromatic N) is 3. The quantitative estimate of drug-likeness (QED) is 0.889. The molecule has 0 radical (unpaired) electrons. The van der Waals surface area contributed by atoms with Crippen molar-refractivity contribution in [2.75, 3.05) is 0 Å². The maximum Gasteiger partial charge on any atom is 0.180 e. The third kappa shape index (κ3) is 2.53. The van der Waals surface area contributed by atoms with E-state index in [-0.39, 0.29) is 0 Å². The van der Waals surface area contributed by atoms with E-state index in [4.69, 9.17) is 0 Å². The summed E-state index contributed by atoms with van der Waals surface area (Å²) in [6.45, 7) is 1.72. The molecular weight excluding hydrogens is 230 g/mol. The molecule has 0 aromatic carbocycles. The number of hydrogen-bond donors (Lipinski definition) is 1. The van der Waals surface area contributed by atoms with Crippen LogP contribution in [0, 0.1) is 0 Å². The van der Waals surface area contributed by atoms with E-state index >= 15 is 0 Å². The lowest BCUT2D eigenvalue weighted by Gasteiger charge is -2.08. The van der Waals surface area contributed by atoms with E-state index in [2.05, 4.69) is 15.2 Å². The fourth-order valence-electron chi connectivity index (χ4n) is 1.10. The van der Waals surface area contributed by atoms with Crippen molar-refractivity contribution in [2.24, 2.45) is 0 Å². The van der Waals surface area contributed by atoms with Crippen molar-refractivity contribution >= 4 is 23.1 Å². The molecule has 0 bridgehead atoms. The van der Waals surface area contributed by atoms with Gasteiger partial charge in [-0.05, 0) is 24.8 Å². The average molecular weight is 239 g/mol. The Labute approximate surface area is 95.4 Å². The summed E-state index contributed by atoms with van der Waals surface area (Å²) in [5, 5.41) is 18.0. The minimum absolute atomic E-state index is 0.519. The van der Waals surface area contributed by atoms with Gasteiger partial charge in [0.25, 0.3) is 0 Å². The number of aromatic nitrogens is 3. The highest BCUT2D eigenvalue weighted by atomic mass is 32.2. The van der Waals surface area contributed by atoms with E-state index in [0.717, 1.165) is 14.9 Å². The average Bonchev–Trinajstić information content (AvgIpc) is 2.71. The topological polar surface area (TPSA) is 58.9 Å². The van der Waals surface area contributed by atoms with Crippen molar-refractivity contribution in [3.63, 3.8) is 0 Å². The van der Waals surface area contributed by atoms with Gasteiger partial charge in [0.05, 0.1) is 6.10 Å². The molecule has 0 amide bonds. The summed E-state index contributed by atoms with van der Waals surface area (Å²) in [7, 11) is 0. The van der Waals surface area contributed by atoms with Gasteiger partial charge in [-0.25, -0.2) is 4.98 Å². The molecule has 0 saturated carbocycles. The van der Waals surface area contributed by atoms with Gasteiger partial charge in [-0.2, -0.15) is 0 Å². The summed E-state index contributed by atoms with van der Waals surface area (Å²) in [5.74, 6) is 0. The summed E-state index contributed by atoms with van der Waals surface area (Å²) >= 11 is 2.88. The number of aliphatic hydroxyl groups excluding tert-OH is 1. The Morgan fingerprint density at radius 2 is 2.40 bits per heavy atom. The van der Waals surface area contributed by atoms with Crippen LogP contribution in [-0.2, 0) is 0 Å². The number of hydrogen-bond acceptors (Lipinski definition) is 6. The zero-order valence-electron chi connectivity index (χ0n) is 7.99. The standard InChI is InChI=1S/C9H9N3OS2/c1-6(13)7-3-2-4-10-8(7)15-9-12-11-5-14-9/h2-6,13H,1H3/t6-/m0/s1. The van der Waals surface area contributed by atoms with Gasteiger partial charge in [-0.15, -0.1) is 10.2 Å². The highest BCUT2D eigenvalue weighted by Crippen LogP contribution is 2.31. The molecule has 4 nitrogen and oxygen atoms in total. The van der Waals surface area contributed by atoms with E-state index < -0.39 is 6.10 Å². The molecule has 2 aromatic heterocycles. The summed E-state index contributed by atoms with van der Waals surface area (Å²) in [4.78, 5) is 4.22. The molecule has 0 fully saturated rings. The maximum atomic E-state index is 9.55. The van der Waals surface area contributed by atoms with Crippen LogP contribution in [-0.4, -0.2) is 20.3 Å². The molecule has 0 spiro atoms. The van der Waals surface area contributed by atoms with E-state index in [1.54, 1.807) is 18.6 Å². The first-order valence-corrected chi connectivity index (χ1v) is 6.04. The van der Waals surface area contributed by atoms with Gasteiger partial charge in [0, 0.05) is 11.8 Å². The molecule has 78 valence electrons. The van der Waals surface area contributed by atoms with Crippen LogP contribution in [0.3, 0.4) is 0 Å². The molecular formula is C9H9N3OS2. The summed E-state index contributed by atoms with van der Waals surface area (Å²) < 4.78 is 0.829. The predicted octanol–water partition coefficient (Wildman–Crippen LogP) is 2.14. The molecule has 0 saturated heterocycles. The zero-order chi connectivity index (χ0) is 10.7. The van der Waals surface area contributed by atoms with E-state index in [1.807, 2.05) is 12.1 Å². The molecule has 0 aliphatic carbocycles. The van der Waals surface area contributed by atoms with Crippen molar-refractivity contribution < 1.29 is 5.11 Å². The molecule has 2 rings (SSSR count). The van der Waals surface area contributed by atoms with Gasteiger partial charge in [0.15, 0.2) is 4.34 Å². The van der Waals surface area contributed by atoms with Gasteiger partial charge in [0.1, 0.15) is 10.5 Å². The minimum atomic E-state index is -0.519. The first kappa shape index (κ1) is 10.5. The first-order valence-electron chi connectivity index (χ1n) is 4.34. The fraction of sp³-hybridized carbons (Fsp3) is 0.222. The number of rotatable bonds is 3. The molecule has 0 unspecified atom stereocenters. The Hall–Kier alpha value is -0.980. The Bertz CT molecular complexity index is 431. The Morgan fingerprint density at radius 1 is 1.53 bits per heavy atom. The molecule has 2 aromatic rings.